The van der Waals surface area contributed by atoms with E-state index in [1.165, 1.54) is 10.9 Å². The molecule has 1 aliphatic rings. The minimum Gasteiger partial charge on any atom is -0.387 e. The molecule has 0 radical (unpaired) electrons. The summed E-state index contributed by atoms with van der Waals surface area (Å²) < 4.78 is 31.6. The molecule has 0 saturated carbocycles. The highest BCUT2D eigenvalue weighted by atomic mass is 16.7. The Morgan fingerprint density at radius 2 is 1.42 bits per heavy atom. The smallest absolute Gasteiger partial charge is 0.186 e. The number of aromatic amines is 1. The number of H-pyrrole nitrogens is 1. The second-order valence-corrected chi connectivity index (χ2v) is 11.0. The Hall–Kier alpha value is -3.08. The molecular formula is C35H44N2O6. The van der Waals surface area contributed by atoms with Gasteiger partial charge in [-0.2, -0.15) is 0 Å². The highest BCUT2D eigenvalue weighted by Gasteiger charge is 2.47. The molecule has 4 aromatic rings. The maximum atomic E-state index is 11.5. The van der Waals surface area contributed by atoms with Gasteiger partial charge < -0.3 is 39.5 Å². The Balaban J connectivity index is 1.31. The van der Waals surface area contributed by atoms with E-state index < -0.39 is 30.7 Å². The summed E-state index contributed by atoms with van der Waals surface area (Å²) in [7, 11) is 0. The zero-order valence-electron chi connectivity index (χ0n) is 24.7. The Kier molecular flexibility index (Phi) is 12.2. The van der Waals surface area contributed by atoms with Gasteiger partial charge >= 0.3 is 0 Å². The number of ether oxygens (including phenoxy) is 5. The fourth-order valence-corrected chi connectivity index (χ4v) is 5.41. The van der Waals surface area contributed by atoms with Crippen LogP contribution < -0.4 is 5.73 Å². The van der Waals surface area contributed by atoms with Crippen molar-refractivity contribution in [3.63, 3.8) is 0 Å². The monoisotopic (exact) mass is 588 g/mol. The lowest BCUT2D eigenvalue weighted by Gasteiger charge is -2.44. The third kappa shape index (κ3) is 8.97. The van der Waals surface area contributed by atoms with Gasteiger partial charge in [0.15, 0.2) is 6.29 Å². The lowest BCUT2D eigenvalue weighted by molar-refractivity contribution is -0.320. The number of hydrogen-bond acceptors (Lipinski definition) is 7. The third-order valence-electron chi connectivity index (χ3n) is 7.79. The molecule has 5 rings (SSSR count). The zero-order chi connectivity index (χ0) is 29.7. The number of fused-ring (bicyclic) bond motifs is 1. The second-order valence-electron chi connectivity index (χ2n) is 11.0. The molecule has 1 aliphatic heterocycles. The quantitative estimate of drug-likeness (QED) is 0.147. The summed E-state index contributed by atoms with van der Waals surface area (Å²) in [6, 6.07) is 28.1. The maximum Gasteiger partial charge on any atom is 0.186 e. The van der Waals surface area contributed by atoms with Crippen LogP contribution in [0.2, 0.25) is 0 Å². The first-order chi connectivity index (χ1) is 21.2. The Morgan fingerprint density at radius 1 is 0.744 bits per heavy atom. The van der Waals surface area contributed by atoms with Crippen molar-refractivity contribution in [3.05, 3.63) is 108 Å². The molecule has 5 unspecified atom stereocenters. The Labute approximate surface area is 254 Å². The van der Waals surface area contributed by atoms with Crippen molar-refractivity contribution in [1.82, 2.24) is 4.98 Å². The fourth-order valence-electron chi connectivity index (χ4n) is 5.41. The van der Waals surface area contributed by atoms with Gasteiger partial charge in [0.05, 0.1) is 26.4 Å². The van der Waals surface area contributed by atoms with Gasteiger partial charge in [-0.1, -0.05) is 78.9 Å². The van der Waals surface area contributed by atoms with E-state index in [1.54, 1.807) is 0 Å². The van der Waals surface area contributed by atoms with Crippen LogP contribution >= 0.6 is 0 Å². The van der Waals surface area contributed by atoms with Crippen LogP contribution in [0.15, 0.2) is 91.1 Å². The molecule has 8 nitrogen and oxygen atoms in total. The predicted molar refractivity (Wildman–Crippen MR) is 166 cm³/mol. The number of aliphatic hydroxyl groups excluding tert-OH is 1. The van der Waals surface area contributed by atoms with Crippen LogP contribution in [0, 0.1) is 0 Å². The van der Waals surface area contributed by atoms with Gasteiger partial charge in [-0.15, -0.1) is 0 Å². The maximum absolute atomic E-state index is 11.5. The van der Waals surface area contributed by atoms with Crippen LogP contribution in [0.5, 0.6) is 0 Å². The van der Waals surface area contributed by atoms with Crippen LogP contribution in [-0.2, 0) is 43.3 Å². The molecule has 5 atom stereocenters. The van der Waals surface area contributed by atoms with Crippen LogP contribution in [0.25, 0.3) is 10.9 Å². The van der Waals surface area contributed by atoms with Crippen molar-refractivity contribution >= 4 is 10.9 Å². The van der Waals surface area contributed by atoms with Crippen molar-refractivity contribution in [1.29, 1.82) is 0 Å². The number of unbranched alkanes of at least 4 members (excludes halogenated alkanes) is 2. The van der Waals surface area contributed by atoms with Crippen molar-refractivity contribution < 1.29 is 28.8 Å². The number of benzene rings is 3. The molecule has 0 amide bonds. The van der Waals surface area contributed by atoms with Gasteiger partial charge in [-0.25, -0.2) is 0 Å². The molecule has 1 aromatic heterocycles. The molecule has 0 bridgehead atoms. The summed E-state index contributed by atoms with van der Waals surface area (Å²) >= 11 is 0. The summed E-state index contributed by atoms with van der Waals surface area (Å²) in [6.45, 7) is 2.53. The highest BCUT2D eigenvalue weighted by molar-refractivity contribution is 5.83. The average molecular weight is 589 g/mol. The second kappa shape index (κ2) is 16.7. The van der Waals surface area contributed by atoms with Crippen LogP contribution in [0.4, 0.5) is 0 Å². The molecule has 2 heterocycles. The van der Waals surface area contributed by atoms with Crippen LogP contribution in [-0.4, -0.2) is 67.2 Å². The molecule has 0 aliphatic carbocycles. The van der Waals surface area contributed by atoms with Crippen molar-refractivity contribution in [2.75, 3.05) is 26.4 Å². The molecule has 3 aromatic carbocycles. The van der Waals surface area contributed by atoms with Crippen LogP contribution in [0.1, 0.15) is 36.0 Å². The number of aromatic nitrogens is 1. The van der Waals surface area contributed by atoms with Crippen molar-refractivity contribution in [2.45, 2.75) is 69.6 Å². The lowest BCUT2D eigenvalue weighted by atomic mass is 9.98. The zero-order valence-corrected chi connectivity index (χ0v) is 24.7. The van der Waals surface area contributed by atoms with Gasteiger partial charge in [-0.05, 0) is 55.0 Å². The van der Waals surface area contributed by atoms with E-state index in [2.05, 4.69) is 17.1 Å². The topological polar surface area (TPSA) is 108 Å². The van der Waals surface area contributed by atoms with E-state index >= 15 is 0 Å². The highest BCUT2D eigenvalue weighted by Crippen LogP contribution is 2.29. The standard InChI is InChI=1S/C35H44N2O6/c36-19-10-3-11-20-39-25-31-32(38)33(41-23-26-12-4-1-5-13-26)34(42-24-27-14-6-2-7-15-27)35(43-31)40-21-18-28-22-37-30-17-9-8-16-29(28)30/h1-2,4-9,12-17,22,31-35,37-38H,3,10-11,18-21,23-25,36H2. The van der Waals surface area contributed by atoms with E-state index in [-0.39, 0.29) is 6.61 Å². The van der Waals surface area contributed by atoms with Gasteiger partial charge in [0.2, 0.25) is 0 Å². The number of hydrogen-bond donors (Lipinski definition) is 3. The average Bonchev–Trinajstić information content (AvgIpc) is 3.46. The van der Waals surface area contributed by atoms with E-state index in [9.17, 15) is 5.11 Å². The molecule has 0 spiro atoms. The first-order valence-electron chi connectivity index (χ1n) is 15.3. The predicted octanol–water partition coefficient (Wildman–Crippen LogP) is 5.13. The van der Waals surface area contributed by atoms with Gasteiger partial charge in [0, 0.05) is 23.7 Å². The number of nitrogens with one attached hydrogen (secondary N) is 1. The number of para-hydroxylation sites is 1. The van der Waals surface area contributed by atoms with E-state index in [4.69, 9.17) is 29.4 Å². The van der Waals surface area contributed by atoms with E-state index in [1.807, 2.05) is 79.0 Å². The van der Waals surface area contributed by atoms with Crippen molar-refractivity contribution in [2.24, 2.45) is 5.73 Å². The summed E-state index contributed by atoms with van der Waals surface area (Å²) in [5.74, 6) is 0. The molecule has 230 valence electrons. The first kappa shape index (κ1) is 31.3. The molecule has 43 heavy (non-hydrogen) atoms. The third-order valence-corrected chi connectivity index (χ3v) is 7.79. The Morgan fingerprint density at radius 3 is 2.14 bits per heavy atom. The summed E-state index contributed by atoms with van der Waals surface area (Å²) in [5.41, 5.74) is 9.90. The Bertz CT molecular complexity index is 1330. The van der Waals surface area contributed by atoms with E-state index in [0.29, 0.717) is 39.4 Å². The lowest BCUT2D eigenvalue weighted by Crippen LogP contribution is -2.61. The molecule has 1 saturated heterocycles. The van der Waals surface area contributed by atoms with Gasteiger partial charge in [-0.3, -0.25) is 0 Å². The fraction of sp³-hybridized carbons (Fsp3) is 0.429. The molecular weight excluding hydrogens is 544 g/mol. The van der Waals surface area contributed by atoms with Gasteiger partial charge in [0.25, 0.3) is 0 Å². The number of aliphatic hydroxyl groups is 1. The molecule has 8 heteroatoms. The largest absolute Gasteiger partial charge is 0.387 e. The van der Waals surface area contributed by atoms with Crippen molar-refractivity contribution in [3.8, 4) is 0 Å². The summed E-state index contributed by atoms with van der Waals surface area (Å²) in [4.78, 5) is 3.33. The van der Waals surface area contributed by atoms with Gasteiger partial charge in [0.1, 0.15) is 24.4 Å². The SMILES string of the molecule is NCCCCCOCC1OC(OCCc2c[nH]c3ccccc23)C(OCc2ccccc2)C(OCc2ccccc2)C1O. The molecule has 1 fully saturated rings. The van der Waals surface area contributed by atoms with E-state index in [0.717, 1.165) is 35.9 Å². The normalized spacial score (nSPS) is 22.2. The minimum atomic E-state index is -0.970. The number of rotatable bonds is 17. The minimum absolute atomic E-state index is 0.225. The summed E-state index contributed by atoms with van der Waals surface area (Å²) in [5, 5.41) is 12.7. The molecule has 4 N–H and O–H groups in total. The van der Waals surface area contributed by atoms with Crippen LogP contribution in [0.3, 0.4) is 0 Å². The first-order valence-corrected chi connectivity index (χ1v) is 15.3. The summed E-state index contributed by atoms with van der Waals surface area (Å²) in [6.07, 6.45) is 1.86. The number of nitrogens with two attached hydrogens (primary N) is 1.